The number of carbonyl (C=O) groups is 1. The van der Waals surface area contributed by atoms with E-state index in [2.05, 4.69) is 4.98 Å². The fourth-order valence-corrected chi connectivity index (χ4v) is 1.78. The van der Waals surface area contributed by atoms with Gasteiger partial charge in [-0.2, -0.15) is 4.98 Å². The van der Waals surface area contributed by atoms with Crippen LogP contribution in [-0.4, -0.2) is 25.2 Å². The topological polar surface area (TPSA) is 94.2 Å². The van der Waals surface area contributed by atoms with E-state index < -0.39 is 17.2 Å². The number of rotatable bonds is 1. The summed E-state index contributed by atoms with van der Waals surface area (Å²) in [5.41, 5.74) is -0.658. The maximum absolute atomic E-state index is 11.9. The van der Waals surface area contributed by atoms with Crippen molar-refractivity contribution < 1.29 is 9.90 Å². The lowest BCUT2D eigenvalue weighted by Crippen LogP contribution is -2.36. The van der Waals surface area contributed by atoms with Gasteiger partial charge < -0.3 is 9.67 Å². The maximum atomic E-state index is 11.9. The number of aromatic nitrogens is 3. The van der Waals surface area contributed by atoms with E-state index in [0.717, 1.165) is 4.57 Å². The second-order valence-corrected chi connectivity index (χ2v) is 4.00. The highest BCUT2D eigenvalue weighted by molar-refractivity contribution is 5.90. The second-order valence-electron chi connectivity index (χ2n) is 4.00. The lowest BCUT2D eigenvalue weighted by atomic mass is 10.1. The summed E-state index contributed by atoms with van der Waals surface area (Å²) in [6.07, 6.45) is 0. The van der Waals surface area contributed by atoms with Crippen LogP contribution in [0.3, 0.4) is 0 Å². The van der Waals surface area contributed by atoms with Crippen LogP contribution in [0.2, 0.25) is 0 Å². The minimum absolute atomic E-state index is 0.0162. The Kier molecular flexibility index (Phi) is 2.54. The Balaban J connectivity index is 3.06. The zero-order chi connectivity index (χ0) is 13.6. The molecule has 0 saturated heterocycles. The van der Waals surface area contributed by atoms with Gasteiger partial charge in [0.1, 0.15) is 0 Å². The Bertz CT molecular complexity index is 741. The van der Waals surface area contributed by atoms with Gasteiger partial charge in [-0.3, -0.25) is 9.36 Å². The summed E-state index contributed by atoms with van der Waals surface area (Å²) in [6, 6.07) is 1.25. The van der Waals surface area contributed by atoms with Gasteiger partial charge >= 0.3 is 11.7 Å². The van der Waals surface area contributed by atoms with Crippen molar-refractivity contribution in [3.8, 4) is 11.4 Å². The van der Waals surface area contributed by atoms with E-state index in [4.69, 9.17) is 5.11 Å². The van der Waals surface area contributed by atoms with Crippen LogP contribution in [0.4, 0.5) is 0 Å². The quantitative estimate of drug-likeness (QED) is 0.741. The van der Waals surface area contributed by atoms with Crippen molar-refractivity contribution >= 4 is 5.97 Å². The highest BCUT2D eigenvalue weighted by Gasteiger charge is 2.20. The normalized spacial score (nSPS) is 10.8. The third-order valence-corrected chi connectivity index (χ3v) is 2.99. The summed E-state index contributed by atoms with van der Waals surface area (Å²) in [5, 5.41) is 9.06. The summed E-state index contributed by atoms with van der Waals surface area (Å²) >= 11 is 0. The van der Waals surface area contributed by atoms with Crippen molar-refractivity contribution in [2.24, 2.45) is 14.1 Å². The van der Waals surface area contributed by atoms with E-state index in [0.29, 0.717) is 5.69 Å². The van der Waals surface area contributed by atoms with Crippen molar-refractivity contribution in [3.05, 3.63) is 38.2 Å². The first-order valence-corrected chi connectivity index (χ1v) is 5.15. The molecule has 94 valence electrons. The summed E-state index contributed by atoms with van der Waals surface area (Å²) in [5.74, 6) is -0.941. The molecule has 0 spiro atoms. The molecule has 2 rings (SSSR count). The Morgan fingerprint density at radius 3 is 2.44 bits per heavy atom. The molecule has 0 aromatic carbocycles. The molecular weight excluding hydrogens is 238 g/mol. The molecule has 2 aliphatic rings. The third-order valence-electron chi connectivity index (χ3n) is 2.99. The summed E-state index contributed by atoms with van der Waals surface area (Å²) in [7, 11) is 2.87. The number of fused-ring (bicyclic) bond motifs is 1. The van der Waals surface area contributed by atoms with Crippen LogP contribution in [-0.2, 0) is 14.1 Å². The molecule has 0 unspecified atom stereocenters. The lowest BCUT2D eigenvalue weighted by molar-refractivity contribution is 0.0695. The average molecular weight is 249 g/mol. The van der Waals surface area contributed by atoms with Crippen LogP contribution in [0.15, 0.2) is 15.7 Å². The number of nitrogens with zero attached hydrogens (tertiary/aromatic N) is 3. The van der Waals surface area contributed by atoms with E-state index >= 15 is 0 Å². The number of hydrogen-bond acceptors (Lipinski definition) is 4. The van der Waals surface area contributed by atoms with E-state index in [9.17, 15) is 14.4 Å². The second kappa shape index (κ2) is 3.80. The van der Waals surface area contributed by atoms with E-state index in [-0.39, 0.29) is 17.0 Å². The smallest absolute Gasteiger partial charge is 0.352 e. The van der Waals surface area contributed by atoms with Crippen LogP contribution in [0.5, 0.6) is 0 Å². The van der Waals surface area contributed by atoms with Crippen LogP contribution < -0.4 is 11.2 Å². The molecule has 0 saturated carbocycles. The highest BCUT2D eigenvalue weighted by Crippen LogP contribution is 2.19. The number of pyridine rings is 1. The number of carboxylic acid groups (broad SMARTS) is 1. The van der Waals surface area contributed by atoms with Gasteiger partial charge in [0.15, 0.2) is 5.82 Å². The molecule has 0 bridgehead atoms. The van der Waals surface area contributed by atoms with Gasteiger partial charge in [0.2, 0.25) is 0 Å². The third kappa shape index (κ3) is 1.52. The fourth-order valence-electron chi connectivity index (χ4n) is 1.78. The standard InChI is InChI=1S/C11H11N3O4/c1-5-6(10(16)17)4-7-8(13(5)2)12-11(18)14(3)9(7)15/h4H,1-3H3,(H,16,17). The van der Waals surface area contributed by atoms with Crippen LogP contribution in [0, 0.1) is 6.92 Å². The molecule has 0 aromatic rings. The average Bonchev–Trinajstić information content (AvgIpc) is 2.31. The number of aromatic carboxylic acids is 1. The molecular formula is C11H11N3O4. The van der Waals surface area contributed by atoms with Gasteiger partial charge in [-0.15, -0.1) is 0 Å². The van der Waals surface area contributed by atoms with Crippen LogP contribution >= 0.6 is 0 Å². The molecule has 2 heterocycles. The number of carboxylic acids is 1. The van der Waals surface area contributed by atoms with Crippen molar-refractivity contribution in [1.82, 2.24) is 14.1 Å². The van der Waals surface area contributed by atoms with Gasteiger partial charge in [-0.25, -0.2) is 9.59 Å². The SMILES string of the molecule is Cc1c(C(=O)O)cc2c(=O)n(C)c(=O)nc-2n1C. The highest BCUT2D eigenvalue weighted by atomic mass is 16.4. The lowest BCUT2D eigenvalue weighted by Gasteiger charge is -2.15. The fraction of sp³-hybridized carbons (Fsp3) is 0.273. The predicted molar refractivity (Wildman–Crippen MR) is 63.0 cm³/mol. The summed E-state index contributed by atoms with van der Waals surface area (Å²) < 4.78 is 2.28. The molecule has 0 aromatic heterocycles. The Morgan fingerprint density at radius 2 is 1.89 bits per heavy atom. The van der Waals surface area contributed by atoms with E-state index in [1.54, 1.807) is 14.0 Å². The largest absolute Gasteiger partial charge is 0.478 e. The molecule has 0 aliphatic carbocycles. The summed E-state index contributed by atoms with van der Waals surface area (Å²) in [4.78, 5) is 38.2. The molecule has 0 amide bonds. The molecule has 0 radical (unpaired) electrons. The van der Waals surface area contributed by atoms with Crippen molar-refractivity contribution in [1.29, 1.82) is 0 Å². The Hall–Kier alpha value is -2.44. The molecule has 18 heavy (non-hydrogen) atoms. The van der Waals surface area contributed by atoms with E-state index in [1.165, 1.54) is 17.7 Å². The minimum Gasteiger partial charge on any atom is -0.478 e. The monoisotopic (exact) mass is 249 g/mol. The predicted octanol–water partition coefficient (Wildman–Crippen LogP) is -0.410. The first-order valence-electron chi connectivity index (χ1n) is 5.15. The van der Waals surface area contributed by atoms with Gasteiger partial charge in [0, 0.05) is 19.8 Å². The maximum Gasteiger partial charge on any atom is 0.352 e. The zero-order valence-corrected chi connectivity index (χ0v) is 10.1. The zero-order valence-electron chi connectivity index (χ0n) is 10.1. The minimum atomic E-state index is -1.13. The van der Waals surface area contributed by atoms with Gasteiger partial charge in [-0.1, -0.05) is 0 Å². The molecule has 0 fully saturated rings. The number of hydrogen-bond donors (Lipinski definition) is 1. The molecule has 0 atom stereocenters. The van der Waals surface area contributed by atoms with Gasteiger partial charge in [-0.05, 0) is 13.0 Å². The van der Waals surface area contributed by atoms with E-state index in [1.807, 2.05) is 0 Å². The van der Waals surface area contributed by atoms with Crippen LogP contribution in [0.1, 0.15) is 16.1 Å². The first-order chi connectivity index (χ1) is 8.34. The van der Waals surface area contributed by atoms with Crippen molar-refractivity contribution in [3.63, 3.8) is 0 Å². The van der Waals surface area contributed by atoms with Gasteiger partial charge in [0.25, 0.3) is 5.56 Å². The van der Waals surface area contributed by atoms with Gasteiger partial charge in [0.05, 0.1) is 11.1 Å². The van der Waals surface area contributed by atoms with Crippen molar-refractivity contribution in [2.45, 2.75) is 6.92 Å². The molecule has 1 N–H and O–H groups in total. The first kappa shape index (κ1) is 12.0. The summed E-state index contributed by atoms with van der Waals surface area (Å²) in [6.45, 7) is 1.59. The molecule has 2 aliphatic heterocycles. The Labute approximate surface area is 101 Å². The Morgan fingerprint density at radius 1 is 1.28 bits per heavy atom. The molecule has 7 heteroatoms. The molecule has 7 nitrogen and oxygen atoms in total. The van der Waals surface area contributed by atoms with Crippen LogP contribution in [0.25, 0.3) is 11.4 Å². The van der Waals surface area contributed by atoms with Crippen molar-refractivity contribution in [2.75, 3.05) is 0 Å².